The molecule has 2 unspecified atom stereocenters. The van der Waals surface area contributed by atoms with Crippen molar-refractivity contribution in [3.05, 3.63) is 70.3 Å². The summed E-state index contributed by atoms with van der Waals surface area (Å²) in [7, 11) is 7.29. The van der Waals surface area contributed by atoms with Crippen LogP contribution in [0.4, 0.5) is 0 Å². The van der Waals surface area contributed by atoms with E-state index in [1.54, 1.807) is 0 Å². The average molecular weight is 637 g/mol. The van der Waals surface area contributed by atoms with Crippen molar-refractivity contribution < 1.29 is 29.9 Å². The van der Waals surface area contributed by atoms with Crippen LogP contribution in [0.2, 0.25) is 0 Å². The van der Waals surface area contributed by atoms with Gasteiger partial charge in [-0.05, 0) is 111 Å². The van der Waals surface area contributed by atoms with E-state index in [1.807, 2.05) is 24.3 Å². The highest BCUT2D eigenvalue weighted by Gasteiger charge is 2.75. The number of aliphatic hydroxyl groups is 4. The molecule has 0 radical (unpaired) electrons. The fourth-order valence-electron chi connectivity index (χ4n) is 11.7. The third-order valence-corrected chi connectivity index (χ3v) is 16.6. The van der Waals surface area contributed by atoms with E-state index in [0.717, 1.165) is 49.9 Å². The second kappa shape index (κ2) is 8.69. The first-order valence-electron chi connectivity index (χ1n) is 16.3. The molecule has 4 aliphatic heterocycles. The van der Waals surface area contributed by atoms with Crippen LogP contribution in [0.5, 0.6) is 0 Å². The second-order valence-electron chi connectivity index (χ2n) is 14.9. The van der Waals surface area contributed by atoms with Crippen molar-refractivity contribution >= 4 is 21.6 Å². The molecule has 0 aromatic heterocycles. The summed E-state index contributed by atoms with van der Waals surface area (Å²) >= 11 is 0. The van der Waals surface area contributed by atoms with Gasteiger partial charge < -0.3 is 39.7 Å². The molecule has 8 nitrogen and oxygen atoms in total. The molecule has 4 fully saturated rings. The molecule has 4 heterocycles. The Hall–Kier alpha value is -1.50. The Balaban J connectivity index is 1.11. The number of ether oxygens (including phenoxy) is 2. The molecular weight excluding hydrogens is 597 g/mol. The highest BCUT2D eigenvalue weighted by atomic mass is 33.1. The first-order chi connectivity index (χ1) is 21.2. The highest BCUT2D eigenvalue weighted by molar-refractivity contribution is 8.77. The predicted octanol–water partition coefficient (Wildman–Crippen LogP) is 4.12. The normalized spacial score (nSPS) is 53.0. The van der Waals surface area contributed by atoms with Crippen LogP contribution in [0.15, 0.2) is 70.3 Å². The first kappa shape index (κ1) is 27.6. The summed E-state index contributed by atoms with van der Waals surface area (Å²) in [4.78, 5) is 2.55. The van der Waals surface area contributed by atoms with Crippen LogP contribution >= 0.6 is 21.6 Å². The van der Waals surface area contributed by atoms with Gasteiger partial charge in [0.15, 0.2) is 0 Å². The van der Waals surface area contributed by atoms with E-state index < -0.39 is 34.3 Å². The Labute approximate surface area is 265 Å². The molecule has 12 atom stereocenters. The largest absolute Gasteiger partial charge is 0.508 e. The molecular formula is C34H40N2O6S2. The lowest BCUT2D eigenvalue weighted by molar-refractivity contribution is -0.102. The van der Waals surface area contributed by atoms with E-state index in [0.29, 0.717) is 24.9 Å². The summed E-state index contributed by atoms with van der Waals surface area (Å²) in [6.45, 7) is 1.82. The molecule has 4 N–H and O–H groups in total. The van der Waals surface area contributed by atoms with Crippen LogP contribution in [0, 0.1) is 22.7 Å². The maximum atomic E-state index is 11.9. The number of hydrogen-bond acceptors (Lipinski definition) is 10. The van der Waals surface area contributed by atoms with Gasteiger partial charge in [-0.3, -0.25) is 0 Å². The van der Waals surface area contributed by atoms with Gasteiger partial charge in [0.2, 0.25) is 9.87 Å². The zero-order valence-corrected chi connectivity index (χ0v) is 26.7. The maximum Gasteiger partial charge on any atom is 0.203 e. The van der Waals surface area contributed by atoms with Crippen LogP contribution in [-0.4, -0.2) is 104 Å². The van der Waals surface area contributed by atoms with E-state index in [4.69, 9.17) is 9.47 Å². The fourth-order valence-corrected chi connectivity index (χ4v) is 15.3. The topological polar surface area (TPSA) is 106 Å². The molecule has 10 rings (SSSR count). The standard InChI is InChI=1S/C34H40N2O6S2/c1-35-13-11-31-19-5-7-23(37)29(31)41-33(25(39)9-3-17(27(31)33)15-21(19)35)43-44-34-26(40)10-4-18-16-22-20-6-8-24(38)30(42-34)32(20,28(18)34)12-14-36(22)2/h5-10,19-24,29-30,37-40H,3-4,11-16H2,1-2H3/t19-,20-,21+,22+,23-,24-,29-,30-,31-,32-,33?,34?/m0/s1. The summed E-state index contributed by atoms with van der Waals surface area (Å²) in [6.07, 6.45) is 14.5. The van der Waals surface area contributed by atoms with Crippen LogP contribution in [0.1, 0.15) is 38.5 Å². The van der Waals surface area contributed by atoms with Gasteiger partial charge in [-0.1, -0.05) is 35.5 Å². The lowest BCUT2D eigenvalue weighted by Gasteiger charge is -2.58. The smallest absolute Gasteiger partial charge is 0.203 e. The fraction of sp³-hybridized carbons (Fsp3) is 0.647. The van der Waals surface area contributed by atoms with Crippen LogP contribution in [0.3, 0.4) is 0 Å². The van der Waals surface area contributed by atoms with Crippen molar-refractivity contribution in [2.75, 3.05) is 27.2 Å². The summed E-state index contributed by atoms with van der Waals surface area (Å²) < 4.78 is 14.1. The van der Waals surface area contributed by atoms with E-state index >= 15 is 0 Å². The van der Waals surface area contributed by atoms with Crippen molar-refractivity contribution in [2.24, 2.45) is 22.7 Å². The van der Waals surface area contributed by atoms with Gasteiger partial charge in [0.05, 0.1) is 24.4 Å². The number of hydrogen-bond donors (Lipinski definition) is 4. The number of allylic oxidation sites excluding steroid dienone is 2. The van der Waals surface area contributed by atoms with Crippen LogP contribution < -0.4 is 0 Å². The van der Waals surface area contributed by atoms with E-state index in [1.165, 1.54) is 32.7 Å². The lowest BCUT2D eigenvalue weighted by Crippen LogP contribution is -2.61. The van der Waals surface area contributed by atoms with E-state index in [9.17, 15) is 20.4 Å². The minimum atomic E-state index is -1.18. The summed E-state index contributed by atoms with van der Waals surface area (Å²) in [5.74, 6) is 0.759. The molecule has 10 heteroatoms. The van der Waals surface area contributed by atoms with Crippen molar-refractivity contribution in [2.45, 2.75) is 84.9 Å². The molecule has 44 heavy (non-hydrogen) atoms. The third kappa shape index (κ3) is 2.90. The number of nitrogens with zero attached hydrogens (tertiary/aromatic N) is 2. The third-order valence-electron chi connectivity index (χ3n) is 13.4. The number of likely N-dealkylation sites (tertiary alicyclic amines) is 2. The quantitative estimate of drug-likeness (QED) is 0.267. The molecule has 0 saturated carbocycles. The molecule has 0 aromatic carbocycles. The minimum absolute atomic E-state index is 0.182. The van der Waals surface area contributed by atoms with Gasteiger partial charge >= 0.3 is 0 Å². The highest BCUT2D eigenvalue weighted by Crippen LogP contribution is 2.76. The SMILES string of the molecule is CN1CC[C@]23C4=C5CC=C(O)C4(SSC46O[C@H]7[C@@H](O)C=C[C@H]8[C@H]9CC(=C4[C@]87CCN9C)CC=C6O)O[C@H]2[C@@H](O)C=C[C@H]3[C@H]1C5. The zero-order chi connectivity index (χ0) is 30.0. The van der Waals surface area contributed by atoms with Crippen LogP contribution in [-0.2, 0) is 9.47 Å². The van der Waals surface area contributed by atoms with E-state index in [-0.39, 0.29) is 34.2 Å². The summed E-state index contributed by atoms with van der Waals surface area (Å²) in [5, 5.41) is 46.5. The molecule has 10 aliphatic rings. The van der Waals surface area contributed by atoms with E-state index in [2.05, 4.69) is 36.0 Å². The first-order valence-corrected chi connectivity index (χ1v) is 18.4. The van der Waals surface area contributed by atoms with Gasteiger partial charge in [-0.2, -0.15) is 0 Å². The van der Waals surface area contributed by atoms with Crippen molar-refractivity contribution in [1.82, 2.24) is 9.80 Å². The minimum Gasteiger partial charge on any atom is -0.508 e. The zero-order valence-electron chi connectivity index (χ0n) is 25.1. The van der Waals surface area contributed by atoms with Crippen molar-refractivity contribution in [1.29, 1.82) is 0 Å². The van der Waals surface area contributed by atoms with Crippen LogP contribution in [0.25, 0.3) is 0 Å². The number of rotatable bonds is 3. The summed E-state index contributed by atoms with van der Waals surface area (Å²) in [6, 6.07) is 0.670. The predicted molar refractivity (Wildman–Crippen MR) is 169 cm³/mol. The molecule has 4 saturated heterocycles. The van der Waals surface area contributed by atoms with Crippen molar-refractivity contribution in [3.63, 3.8) is 0 Å². The summed E-state index contributed by atoms with van der Waals surface area (Å²) in [5.41, 5.74) is 4.13. The van der Waals surface area contributed by atoms with Crippen molar-refractivity contribution in [3.8, 4) is 0 Å². The Morgan fingerprint density at radius 1 is 0.705 bits per heavy atom. The Morgan fingerprint density at radius 3 is 1.57 bits per heavy atom. The van der Waals surface area contributed by atoms with Gasteiger partial charge in [0.25, 0.3) is 0 Å². The number of aliphatic hydroxyl groups excluding tert-OH is 4. The number of piperidine rings is 2. The van der Waals surface area contributed by atoms with Gasteiger partial charge in [-0.25, -0.2) is 0 Å². The maximum absolute atomic E-state index is 11.9. The Morgan fingerprint density at radius 2 is 1.14 bits per heavy atom. The second-order valence-corrected chi connectivity index (χ2v) is 17.4. The Bertz CT molecular complexity index is 1460. The van der Waals surface area contributed by atoms with Gasteiger partial charge in [0.1, 0.15) is 11.5 Å². The molecule has 0 aromatic rings. The molecule has 0 amide bonds. The molecule has 2 spiro atoms. The molecule has 6 aliphatic carbocycles. The van der Waals surface area contributed by atoms with Gasteiger partial charge in [-0.15, -0.1) is 0 Å². The Kier molecular flexibility index (Phi) is 5.45. The molecule has 234 valence electrons. The average Bonchev–Trinajstić information content (AvgIpc) is 3.50. The van der Waals surface area contributed by atoms with Gasteiger partial charge in [0, 0.05) is 34.7 Å². The lowest BCUT2D eigenvalue weighted by atomic mass is 9.52. The molecule has 4 bridgehead atoms. The monoisotopic (exact) mass is 636 g/mol.